The molecule has 0 fully saturated rings. The van der Waals surface area contributed by atoms with Crippen molar-refractivity contribution in [1.82, 2.24) is 15.3 Å². The number of rotatable bonds is 10. The first-order chi connectivity index (χ1) is 13.5. The summed E-state index contributed by atoms with van der Waals surface area (Å²) in [6.45, 7) is 11.2. The first kappa shape index (κ1) is 22.2. The van der Waals surface area contributed by atoms with Gasteiger partial charge in [0.2, 0.25) is 0 Å². The van der Waals surface area contributed by atoms with Gasteiger partial charge in [-0.2, -0.15) is 0 Å². The van der Waals surface area contributed by atoms with Gasteiger partial charge in [-0.05, 0) is 45.4 Å². The summed E-state index contributed by atoms with van der Waals surface area (Å²) in [6, 6.07) is 7.66. The summed E-state index contributed by atoms with van der Waals surface area (Å²) in [4.78, 5) is 23.9. The Morgan fingerprint density at radius 1 is 1.21 bits per heavy atom. The fourth-order valence-corrected chi connectivity index (χ4v) is 3.63. The van der Waals surface area contributed by atoms with Crippen molar-refractivity contribution in [2.24, 2.45) is 0 Å². The first-order valence-corrected chi connectivity index (χ1v) is 10.6. The second-order valence-corrected chi connectivity index (χ2v) is 7.39. The molecule has 0 unspecified atom stereocenters. The fraction of sp³-hybridized carbons (Fsp3) is 0.476. The highest BCUT2D eigenvalue weighted by atomic mass is 32.2. The minimum atomic E-state index is -0.0878. The lowest BCUT2D eigenvalue weighted by Gasteiger charge is -2.23. The summed E-state index contributed by atoms with van der Waals surface area (Å²) in [6.07, 6.45) is 0. The molecular formula is C21H30N4O2S. The summed E-state index contributed by atoms with van der Waals surface area (Å²) in [7, 11) is 1.62. The van der Waals surface area contributed by atoms with Gasteiger partial charge in [0.15, 0.2) is 5.16 Å². The van der Waals surface area contributed by atoms with E-state index in [1.807, 2.05) is 31.2 Å². The summed E-state index contributed by atoms with van der Waals surface area (Å²) in [5.74, 6) is 1.63. The van der Waals surface area contributed by atoms with E-state index in [1.54, 1.807) is 18.9 Å². The van der Waals surface area contributed by atoms with Gasteiger partial charge in [-0.15, -0.1) is 0 Å². The molecule has 152 valence electrons. The van der Waals surface area contributed by atoms with Gasteiger partial charge in [0.1, 0.15) is 5.82 Å². The molecule has 0 saturated heterocycles. The van der Waals surface area contributed by atoms with E-state index >= 15 is 0 Å². The number of amides is 1. The van der Waals surface area contributed by atoms with Gasteiger partial charge in [0, 0.05) is 49.3 Å². The van der Waals surface area contributed by atoms with Crippen molar-refractivity contribution >= 4 is 23.5 Å². The number of thioether (sulfide) groups is 1. The first-order valence-electron chi connectivity index (χ1n) is 9.59. The molecule has 2 aromatic rings. The van der Waals surface area contributed by atoms with Crippen LogP contribution in [-0.4, -0.2) is 49.2 Å². The zero-order valence-electron chi connectivity index (χ0n) is 17.4. The number of hydrogen-bond acceptors (Lipinski definition) is 6. The predicted octanol–water partition coefficient (Wildman–Crippen LogP) is 3.61. The van der Waals surface area contributed by atoms with Crippen LogP contribution >= 0.6 is 11.8 Å². The normalized spacial score (nSPS) is 10.8. The highest BCUT2D eigenvalue weighted by Crippen LogP contribution is 2.26. The molecule has 1 heterocycles. The van der Waals surface area contributed by atoms with Crippen LogP contribution in [0.25, 0.3) is 0 Å². The van der Waals surface area contributed by atoms with E-state index in [-0.39, 0.29) is 5.91 Å². The zero-order valence-corrected chi connectivity index (χ0v) is 18.2. The molecule has 0 radical (unpaired) electrons. The van der Waals surface area contributed by atoms with E-state index in [1.165, 1.54) is 0 Å². The lowest BCUT2D eigenvalue weighted by molar-refractivity contribution is 0.0937. The highest BCUT2D eigenvalue weighted by Gasteiger charge is 2.13. The van der Waals surface area contributed by atoms with E-state index in [0.717, 1.165) is 40.9 Å². The number of anilines is 1. The Labute approximate surface area is 172 Å². The van der Waals surface area contributed by atoms with Gasteiger partial charge in [-0.25, -0.2) is 9.97 Å². The molecule has 1 N–H and O–H groups in total. The van der Waals surface area contributed by atoms with Crippen molar-refractivity contribution in [3.8, 4) is 0 Å². The van der Waals surface area contributed by atoms with Crippen molar-refractivity contribution in [2.45, 2.75) is 38.6 Å². The highest BCUT2D eigenvalue weighted by molar-refractivity contribution is 7.98. The molecule has 7 heteroatoms. The molecule has 0 saturated carbocycles. The van der Waals surface area contributed by atoms with Crippen LogP contribution in [0.3, 0.4) is 0 Å². The number of carbonyl (C=O) groups is 1. The van der Waals surface area contributed by atoms with Gasteiger partial charge in [-0.1, -0.05) is 23.9 Å². The summed E-state index contributed by atoms with van der Waals surface area (Å²) in [5, 5.41) is 3.61. The van der Waals surface area contributed by atoms with E-state index in [0.29, 0.717) is 24.5 Å². The predicted molar refractivity (Wildman–Crippen MR) is 115 cm³/mol. The van der Waals surface area contributed by atoms with Gasteiger partial charge >= 0.3 is 0 Å². The quantitative estimate of drug-likeness (QED) is 0.372. The Morgan fingerprint density at radius 3 is 2.64 bits per heavy atom. The zero-order chi connectivity index (χ0) is 20.5. The maximum Gasteiger partial charge on any atom is 0.251 e. The van der Waals surface area contributed by atoms with Crippen LogP contribution in [0.1, 0.15) is 41.0 Å². The third-order valence-electron chi connectivity index (χ3n) is 4.55. The Balaban J connectivity index is 2.10. The average molecular weight is 403 g/mol. The molecule has 1 amide bonds. The molecule has 0 atom stereocenters. The number of methoxy groups -OCH3 is 1. The van der Waals surface area contributed by atoms with Crippen LogP contribution in [-0.2, 0) is 10.5 Å². The molecule has 0 spiro atoms. The number of nitrogens with zero attached hydrogens (tertiary/aromatic N) is 3. The minimum absolute atomic E-state index is 0.0878. The van der Waals surface area contributed by atoms with Gasteiger partial charge in [-0.3, -0.25) is 4.79 Å². The third-order valence-corrected chi connectivity index (χ3v) is 5.47. The maximum absolute atomic E-state index is 12.2. The van der Waals surface area contributed by atoms with Crippen molar-refractivity contribution in [3.63, 3.8) is 0 Å². The van der Waals surface area contributed by atoms with E-state index in [2.05, 4.69) is 36.0 Å². The number of carbonyl (C=O) groups excluding carboxylic acids is 1. The van der Waals surface area contributed by atoms with E-state index in [9.17, 15) is 4.79 Å². The number of aromatic nitrogens is 2. The minimum Gasteiger partial charge on any atom is -0.383 e. The standard InChI is InChI=1S/C21H30N4O2S/c1-6-25(7-2)19-15(3)16(4)23-21(24-19)28-14-17-9-8-10-18(13-17)20(26)22-11-12-27-5/h8-10,13H,6-7,11-12,14H2,1-5H3,(H,22,26). The van der Waals surface area contributed by atoms with Gasteiger partial charge < -0.3 is 15.0 Å². The van der Waals surface area contributed by atoms with Crippen molar-refractivity contribution < 1.29 is 9.53 Å². The maximum atomic E-state index is 12.2. The van der Waals surface area contributed by atoms with Crippen LogP contribution < -0.4 is 10.2 Å². The Bertz CT molecular complexity index is 794. The monoisotopic (exact) mass is 402 g/mol. The molecular weight excluding hydrogens is 372 g/mol. The van der Waals surface area contributed by atoms with E-state index < -0.39 is 0 Å². The number of benzene rings is 1. The van der Waals surface area contributed by atoms with Gasteiger partial charge in [0.25, 0.3) is 5.91 Å². The SMILES string of the molecule is CCN(CC)c1nc(SCc2cccc(C(=O)NCCOC)c2)nc(C)c1C. The number of aryl methyl sites for hydroxylation is 1. The molecule has 6 nitrogen and oxygen atoms in total. The third kappa shape index (κ3) is 5.94. The van der Waals surface area contributed by atoms with Crippen molar-refractivity contribution in [2.75, 3.05) is 38.3 Å². The molecule has 2 rings (SSSR count). The smallest absolute Gasteiger partial charge is 0.251 e. The Kier molecular flexibility index (Phi) is 8.73. The van der Waals surface area contributed by atoms with Crippen molar-refractivity contribution in [3.05, 3.63) is 46.6 Å². The number of ether oxygens (including phenoxy) is 1. The molecule has 0 aliphatic carbocycles. The molecule has 0 aliphatic rings. The topological polar surface area (TPSA) is 67.4 Å². The summed E-state index contributed by atoms with van der Waals surface area (Å²) in [5.41, 5.74) is 3.85. The Morgan fingerprint density at radius 2 is 1.96 bits per heavy atom. The van der Waals surface area contributed by atoms with Crippen molar-refractivity contribution in [1.29, 1.82) is 0 Å². The van der Waals surface area contributed by atoms with E-state index in [4.69, 9.17) is 9.72 Å². The van der Waals surface area contributed by atoms with Gasteiger partial charge in [0.05, 0.1) is 6.61 Å². The number of nitrogens with one attached hydrogen (secondary N) is 1. The van der Waals surface area contributed by atoms with Crippen LogP contribution in [0.2, 0.25) is 0 Å². The van der Waals surface area contributed by atoms with Crippen LogP contribution in [0.4, 0.5) is 5.82 Å². The number of hydrogen-bond donors (Lipinski definition) is 1. The lowest BCUT2D eigenvalue weighted by Crippen LogP contribution is -2.26. The summed E-state index contributed by atoms with van der Waals surface area (Å²) >= 11 is 1.59. The average Bonchev–Trinajstić information content (AvgIpc) is 2.71. The van der Waals surface area contributed by atoms with Crippen LogP contribution in [0.5, 0.6) is 0 Å². The second-order valence-electron chi connectivity index (χ2n) is 6.45. The molecule has 28 heavy (non-hydrogen) atoms. The van der Waals surface area contributed by atoms with Crippen LogP contribution in [0.15, 0.2) is 29.4 Å². The molecule has 1 aromatic carbocycles. The fourth-order valence-electron chi connectivity index (χ4n) is 2.80. The molecule has 1 aromatic heterocycles. The largest absolute Gasteiger partial charge is 0.383 e. The van der Waals surface area contributed by atoms with Crippen LogP contribution in [0, 0.1) is 13.8 Å². The Hall–Kier alpha value is -2.12. The molecule has 0 aliphatic heterocycles. The molecule has 0 bridgehead atoms. The summed E-state index contributed by atoms with van der Waals surface area (Å²) < 4.78 is 4.96. The second kappa shape index (κ2) is 11.0. The lowest BCUT2D eigenvalue weighted by atomic mass is 10.1.